The third-order valence-electron chi connectivity index (χ3n) is 5.33. The van der Waals surface area contributed by atoms with Gasteiger partial charge in [0, 0.05) is 29.4 Å². The number of amides is 3. The van der Waals surface area contributed by atoms with E-state index in [0.717, 1.165) is 29.9 Å². The number of nitrogens with zero attached hydrogens (tertiary/aromatic N) is 1. The Bertz CT molecular complexity index is 1030. The number of likely N-dealkylation sites (tertiary alicyclic amines) is 1. The van der Waals surface area contributed by atoms with Crippen LogP contribution in [0.4, 0.5) is 10.5 Å². The number of halogens is 1. The van der Waals surface area contributed by atoms with E-state index in [1.54, 1.807) is 4.90 Å². The van der Waals surface area contributed by atoms with E-state index in [9.17, 15) is 9.59 Å². The molecule has 0 saturated carbocycles. The second kappa shape index (κ2) is 9.71. The monoisotopic (exact) mass is 437 g/mol. The second-order valence-electron chi connectivity index (χ2n) is 7.57. The van der Waals surface area contributed by atoms with Crippen molar-refractivity contribution < 1.29 is 14.0 Å². The molecule has 6 nitrogen and oxygen atoms in total. The molecule has 1 aliphatic rings. The highest BCUT2D eigenvalue weighted by molar-refractivity contribution is 6.30. The summed E-state index contributed by atoms with van der Waals surface area (Å²) < 4.78 is 5.84. The van der Waals surface area contributed by atoms with Crippen molar-refractivity contribution in [3.8, 4) is 11.3 Å². The van der Waals surface area contributed by atoms with Crippen LogP contribution in [0.3, 0.4) is 0 Å². The Kier molecular flexibility index (Phi) is 6.57. The number of benzene rings is 2. The lowest BCUT2D eigenvalue weighted by Crippen LogP contribution is -2.46. The highest BCUT2D eigenvalue weighted by Crippen LogP contribution is 2.24. The van der Waals surface area contributed by atoms with Crippen molar-refractivity contribution >= 4 is 29.2 Å². The fraction of sp³-hybridized carbons (Fsp3) is 0.250. The lowest BCUT2D eigenvalue weighted by atomic mass is 9.97. The average molecular weight is 438 g/mol. The van der Waals surface area contributed by atoms with Crippen molar-refractivity contribution in [1.82, 2.24) is 10.2 Å². The highest BCUT2D eigenvalue weighted by Gasteiger charge is 2.28. The summed E-state index contributed by atoms with van der Waals surface area (Å²) in [7, 11) is 0. The molecule has 1 aromatic heterocycles. The fourth-order valence-electron chi connectivity index (χ4n) is 3.66. The molecule has 2 aromatic carbocycles. The molecule has 3 aromatic rings. The van der Waals surface area contributed by atoms with Crippen LogP contribution >= 0.6 is 11.6 Å². The maximum absolute atomic E-state index is 12.7. The average Bonchev–Trinajstić information content (AvgIpc) is 3.28. The predicted octanol–water partition coefficient (Wildman–Crippen LogP) is 5.16. The van der Waals surface area contributed by atoms with Crippen LogP contribution in [-0.2, 0) is 11.3 Å². The van der Waals surface area contributed by atoms with Gasteiger partial charge in [-0.2, -0.15) is 0 Å². The zero-order valence-corrected chi connectivity index (χ0v) is 17.8. The van der Waals surface area contributed by atoms with Gasteiger partial charge in [0.1, 0.15) is 11.5 Å². The van der Waals surface area contributed by atoms with Gasteiger partial charge in [-0.3, -0.25) is 4.79 Å². The highest BCUT2D eigenvalue weighted by atomic mass is 35.5. The Morgan fingerprint density at radius 1 is 1.03 bits per heavy atom. The SMILES string of the molecule is O=C(NCc1ccc(-c2ccc(Cl)cc2)o1)C1CCCN(C(=O)Nc2ccccc2)C1. The number of urea groups is 1. The Labute approximate surface area is 186 Å². The van der Waals surface area contributed by atoms with Gasteiger partial charge in [-0.05, 0) is 61.4 Å². The number of furan rings is 1. The molecule has 4 rings (SSSR count). The normalized spacial score (nSPS) is 16.0. The van der Waals surface area contributed by atoms with Gasteiger partial charge in [-0.25, -0.2) is 4.79 Å². The second-order valence-corrected chi connectivity index (χ2v) is 8.01. The standard InChI is InChI=1S/C24H24ClN3O3/c25-19-10-8-17(9-11-19)22-13-12-21(31-22)15-26-23(29)18-5-4-14-28(16-18)24(30)27-20-6-2-1-3-7-20/h1-3,6-13,18H,4-5,14-16H2,(H,26,29)(H,27,30). The van der Waals surface area contributed by atoms with E-state index >= 15 is 0 Å². The Hall–Kier alpha value is -3.25. The van der Waals surface area contributed by atoms with Crippen molar-refractivity contribution in [2.45, 2.75) is 19.4 Å². The topological polar surface area (TPSA) is 74.6 Å². The van der Waals surface area contributed by atoms with Crippen molar-refractivity contribution in [2.24, 2.45) is 5.92 Å². The molecule has 1 atom stereocenters. The van der Waals surface area contributed by atoms with Crippen LogP contribution in [0.5, 0.6) is 0 Å². The van der Waals surface area contributed by atoms with Crippen LogP contribution in [0.25, 0.3) is 11.3 Å². The van der Waals surface area contributed by atoms with Gasteiger partial charge in [0.25, 0.3) is 0 Å². The Balaban J connectivity index is 1.29. The van der Waals surface area contributed by atoms with E-state index < -0.39 is 0 Å². The molecule has 2 heterocycles. The summed E-state index contributed by atoms with van der Waals surface area (Å²) in [6.45, 7) is 1.35. The molecular weight excluding hydrogens is 414 g/mol. The minimum atomic E-state index is -0.235. The number of carbonyl (C=O) groups is 2. The molecule has 1 fully saturated rings. The predicted molar refractivity (Wildman–Crippen MR) is 121 cm³/mol. The largest absolute Gasteiger partial charge is 0.459 e. The van der Waals surface area contributed by atoms with Crippen LogP contribution in [0.1, 0.15) is 18.6 Å². The molecule has 1 saturated heterocycles. The van der Waals surface area contributed by atoms with Crippen molar-refractivity contribution in [3.63, 3.8) is 0 Å². The number of rotatable bonds is 5. The first-order valence-electron chi connectivity index (χ1n) is 10.3. The van der Waals surface area contributed by atoms with Crippen molar-refractivity contribution in [1.29, 1.82) is 0 Å². The summed E-state index contributed by atoms with van der Waals surface area (Å²) in [4.78, 5) is 26.9. The molecule has 2 N–H and O–H groups in total. The number of anilines is 1. The van der Waals surface area contributed by atoms with Gasteiger partial charge >= 0.3 is 6.03 Å². The van der Waals surface area contributed by atoms with Gasteiger partial charge < -0.3 is 20.0 Å². The summed E-state index contributed by atoms with van der Waals surface area (Å²) in [6.07, 6.45) is 1.55. The molecule has 7 heteroatoms. The summed E-state index contributed by atoms with van der Waals surface area (Å²) in [5, 5.41) is 6.49. The van der Waals surface area contributed by atoms with E-state index in [0.29, 0.717) is 30.4 Å². The lowest BCUT2D eigenvalue weighted by Gasteiger charge is -2.32. The summed E-state index contributed by atoms with van der Waals surface area (Å²) in [5.41, 5.74) is 1.67. The molecule has 1 unspecified atom stereocenters. The molecule has 1 aliphatic heterocycles. The number of piperidine rings is 1. The molecular formula is C24H24ClN3O3. The number of carbonyl (C=O) groups excluding carboxylic acids is 2. The number of para-hydroxylation sites is 1. The van der Waals surface area contributed by atoms with E-state index in [4.69, 9.17) is 16.0 Å². The Morgan fingerprint density at radius 3 is 2.58 bits per heavy atom. The molecule has 0 aliphatic carbocycles. The maximum atomic E-state index is 12.7. The van der Waals surface area contributed by atoms with Gasteiger partial charge in [0.2, 0.25) is 5.91 Å². The summed E-state index contributed by atoms with van der Waals surface area (Å²) in [5.74, 6) is 1.10. The van der Waals surface area contributed by atoms with Crippen LogP contribution < -0.4 is 10.6 Å². The zero-order chi connectivity index (χ0) is 21.6. The minimum absolute atomic E-state index is 0.0679. The van der Waals surface area contributed by atoms with Gasteiger partial charge in [-0.15, -0.1) is 0 Å². The first kappa shape index (κ1) is 21.0. The molecule has 0 bridgehead atoms. The van der Waals surface area contributed by atoms with Crippen LogP contribution in [0, 0.1) is 5.92 Å². The molecule has 31 heavy (non-hydrogen) atoms. The summed E-state index contributed by atoms with van der Waals surface area (Å²) in [6, 6.07) is 20.3. The third kappa shape index (κ3) is 5.47. The minimum Gasteiger partial charge on any atom is -0.459 e. The van der Waals surface area contributed by atoms with Crippen molar-refractivity contribution in [2.75, 3.05) is 18.4 Å². The van der Waals surface area contributed by atoms with Gasteiger partial charge in [0.15, 0.2) is 0 Å². The van der Waals surface area contributed by atoms with E-state index in [-0.39, 0.29) is 17.9 Å². The molecule has 0 radical (unpaired) electrons. The van der Waals surface area contributed by atoms with E-state index in [2.05, 4.69) is 10.6 Å². The van der Waals surface area contributed by atoms with E-state index in [1.807, 2.05) is 66.7 Å². The maximum Gasteiger partial charge on any atom is 0.321 e. The molecule has 160 valence electrons. The quantitative estimate of drug-likeness (QED) is 0.578. The first-order valence-corrected chi connectivity index (χ1v) is 10.7. The first-order chi connectivity index (χ1) is 15.1. The van der Waals surface area contributed by atoms with E-state index in [1.165, 1.54) is 0 Å². The molecule has 3 amide bonds. The smallest absolute Gasteiger partial charge is 0.321 e. The van der Waals surface area contributed by atoms with Crippen LogP contribution in [0.15, 0.2) is 71.1 Å². The van der Waals surface area contributed by atoms with Crippen molar-refractivity contribution in [3.05, 3.63) is 77.5 Å². The Morgan fingerprint density at radius 2 is 1.81 bits per heavy atom. The van der Waals surface area contributed by atoms with Crippen LogP contribution in [-0.4, -0.2) is 29.9 Å². The molecule has 0 spiro atoms. The van der Waals surface area contributed by atoms with Crippen LogP contribution in [0.2, 0.25) is 5.02 Å². The third-order valence-corrected chi connectivity index (χ3v) is 5.58. The number of hydrogen-bond acceptors (Lipinski definition) is 3. The summed E-state index contributed by atoms with van der Waals surface area (Å²) >= 11 is 5.93. The number of hydrogen-bond donors (Lipinski definition) is 2. The van der Waals surface area contributed by atoms with Gasteiger partial charge in [0.05, 0.1) is 12.5 Å². The zero-order valence-electron chi connectivity index (χ0n) is 17.0. The lowest BCUT2D eigenvalue weighted by molar-refractivity contribution is -0.126. The fourth-order valence-corrected chi connectivity index (χ4v) is 3.79. The van der Waals surface area contributed by atoms with Gasteiger partial charge in [-0.1, -0.05) is 29.8 Å². The number of nitrogens with one attached hydrogen (secondary N) is 2.